The summed E-state index contributed by atoms with van der Waals surface area (Å²) in [7, 11) is 0. The Morgan fingerprint density at radius 3 is 2.96 bits per heavy atom. The summed E-state index contributed by atoms with van der Waals surface area (Å²) in [4.78, 5) is 23.4. The van der Waals surface area contributed by atoms with Crippen LogP contribution in [0.15, 0.2) is 40.9 Å². The van der Waals surface area contributed by atoms with E-state index in [1.165, 1.54) is 30.0 Å². The number of nitro benzene ring substituents is 1. The second-order valence-corrected chi connectivity index (χ2v) is 7.34. The molecule has 0 saturated carbocycles. The number of carbonyl (C=O) groups excluding carboxylic acids is 1. The van der Waals surface area contributed by atoms with Crippen LogP contribution in [0.25, 0.3) is 0 Å². The minimum absolute atomic E-state index is 0.0676. The van der Waals surface area contributed by atoms with Crippen LogP contribution in [-0.4, -0.2) is 36.8 Å². The number of aromatic nitrogens is 4. The molecular weight excluding hydrogens is 400 g/mol. The Balaban J connectivity index is 1.58. The van der Waals surface area contributed by atoms with E-state index in [1.807, 2.05) is 17.5 Å². The van der Waals surface area contributed by atoms with Crippen molar-refractivity contribution in [1.82, 2.24) is 20.2 Å². The van der Waals surface area contributed by atoms with Crippen LogP contribution in [0, 0.1) is 10.1 Å². The summed E-state index contributed by atoms with van der Waals surface area (Å²) in [6, 6.07) is 7.77. The van der Waals surface area contributed by atoms with E-state index >= 15 is 0 Å². The van der Waals surface area contributed by atoms with Gasteiger partial charge in [-0.3, -0.25) is 14.9 Å². The second-order valence-electron chi connectivity index (χ2n) is 4.96. The summed E-state index contributed by atoms with van der Waals surface area (Å²) in [6.45, 7) is 0.531. The van der Waals surface area contributed by atoms with Crippen molar-refractivity contribution in [3.8, 4) is 0 Å². The monoisotopic (exact) mass is 410 g/mol. The number of nitrogens with zero attached hydrogens (tertiary/aromatic N) is 5. The molecule has 0 aliphatic rings. The number of benzene rings is 1. The van der Waals surface area contributed by atoms with E-state index in [2.05, 4.69) is 20.8 Å². The summed E-state index contributed by atoms with van der Waals surface area (Å²) < 4.78 is 1.61. The molecule has 0 unspecified atom stereocenters. The highest BCUT2D eigenvalue weighted by molar-refractivity contribution is 7.99. The van der Waals surface area contributed by atoms with E-state index in [9.17, 15) is 14.9 Å². The molecule has 3 rings (SSSR count). The standard InChI is InChI=1S/C14H11ClN6O3S2/c15-11-6-9(21(23)24)3-4-12(11)16-13(22)8-26-14-17-18-19-20(14)7-10-2-1-5-25-10/h1-6H,7-8H2,(H,16,22). The molecule has 0 aliphatic carbocycles. The first-order valence-electron chi connectivity index (χ1n) is 7.18. The Labute approximate surface area is 160 Å². The summed E-state index contributed by atoms with van der Waals surface area (Å²) >= 11 is 8.74. The number of non-ortho nitro benzene ring substituents is 1. The van der Waals surface area contributed by atoms with Crippen LogP contribution in [0.1, 0.15) is 4.88 Å². The van der Waals surface area contributed by atoms with Gasteiger partial charge in [0.1, 0.15) is 0 Å². The zero-order chi connectivity index (χ0) is 18.5. The van der Waals surface area contributed by atoms with Gasteiger partial charge < -0.3 is 5.32 Å². The molecule has 26 heavy (non-hydrogen) atoms. The highest BCUT2D eigenvalue weighted by Crippen LogP contribution is 2.27. The van der Waals surface area contributed by atoms with E-state index in [1.54, 1.807) is 16.0 Å². The third-order valence-electron chi connectivity index (χ3n) is 3.15. The lowest BCUT2D eigenvalue weighted by molar-refractivity contribution is -0.384. The average Bonchev–Trinajstić information content (AvgIpc) is 3.27. The van der Waals surface area contributed by atoms with Gasteiger partial charge in [-0.25, -0.2) is 4.68 Å². The number of tetrazole rings is 1. The van der Waals surface area contributed by atoms with Crippen LogP contribution < -0.4 is 5.32 Å². The van der Waals surface area contributed by atoms with Gasteiger partial charge in [-0.2, -0.15) is 0 Å². The molecule has 0 spiro atoms. The zero-order valence-corrected chi connectivity index (χ0v) is 15.4. The molecule has 2 heterocycles. The van der Waals surface area contributed by atoms with Crippen LogP contribution >= 0.6 is 34.7 Å². The van der Waals surface area contributed by atoms with Gasteiger partial charge in [0.2, 0.25) is 11.1 Å². The molecule has 1 aromatic carbocycles. The van der Waals surface area contributed by atoms with Crippen LogP contribution in [0.4, 0.5) is 11.4 Å². The first-order valence-corrected chi connectivity index (χ1v) is 9.42. The molecule has 0 bridgehead atoms. The smallest absolute Gasteiger partial charge is 0.271 e. The number of thioether (sulfide) groups is 1. The van der Waals surface area contributed by atoms with Gasteiger partial charge >= 0.3 is 0 Å². The van der Waals surface area contributed by atoms with Crippen molar-refractivity contribution in [1.29, 1.82) is 0 Å². The Bertz CT molecular complexity index is 931. The Morgan fingerprint density at radius 1 is 1.42 bits per heavy atom. The number of amides is 1. The molecule has 2 aromatic heterocycles. The van der Waals surface area contributed by atoms with Crippen molar-refractivity contribution >= 4 is 52.0 Å². The van der Waals surface area contributed by atoms with Crippen molar-refractivity contribution in [2.75, 3.05) is 11.1 Å². The van der Waals surface area contributed by atoms with Gasteiger partial charge in [0, 0.05) is 17.0 Å². The fourth-order valence-corrected chi connectivity index (χ4v) is 3.57. The molecule has 0 atom stereocenters. The summed E-state index contributed by atoms with van der Waals surface area (Å²) in [5.74, 6) is -0.255. The van der Waals surface area contributed by atoms with Crippen molar-refractivity contribution < 1.29 is 9.72 Å². The van der Waals surface area contributed by atoms with E-state index in [4.69, 9.17) is 11.6 Å². The van der Waals surface area contributed by atoms with Crippen molar-refractivity contribution in [2.45, 2.75) is 11.7 Å². The number of anilines is 1. The molecule has 1 N–H and O–H groups in total. The fraction of sp³-hybridized carbons (Fsp3) is 0.143. The number of nitro groups is 1. The third kappa shape index (κ3) is 4.56. The lowest BCUT2D eigenvalue weighted by Crippen LogP contribution is -2.15. The van der Waals surface area contributed by atoms with Crippen molar-refractivity contribution in [2.24, 2.45) is 0 Å². The summed E-state index contributed by atoms with van der Waals surface area (Å²) in [5, 5.41) is 27.4. The molecule has 12 heteroatoms. The Morgan fingerprint density at radius 2 is 2.27 bits per heavy atom. The second kappa shape index (κ2) is 8.25. The van der Waals surface area contributed by atoms with Crippen molar-refractivity contribution in [3.63, 3.8) is 0 Å². The van der Waals surface area contributed by atoms with Gasteiger partial charge in [0.15, 0.2) is 0 Å². The topological polar surface area (TPSA) is 116 Å². The van der Waals surface area contributed by atoms with E-state index in [0.717, 1.165) is 4.88 Å². The maximum absolute atomic E-state index is 12.1. The molecular formula is C14H11ClN6O3S2. The van der Waals surface area contributed by atoms with E-state index in [-0.39, 0.29) is 22.4 Å². The summed E-state index contributed by atoms with van der Waals surface area (Å²) in [6.07, 6.45) is 0. The predicted molar refractivity (Wildman–Crippen MR) is 98.7 cm³/mol. The molecule has 3 aromatic rings. The minimum atomic E-state index is -0.555. The Hall–Kier alpha value is -2.50. The van der Waals surface area contributed by atoms with Gasteiger partial charge in [-0.15, -0.1) is 16.4 Å². The quantitative estimate of drug-likeness (QED) is 0.361. The molecule has 0 saturated heterocycles. The van der Waals surface area contributed by atoms with Gasteiger partial charge in [0.05, 0.1) is 27.9 Å². The molecule has 1 amide bonds. The van der Waals surface area contributed by atoms with Crippen LogP contribution in [-0.2, 0) is 11.3 Å². The number of hydrogen-bond donors (Lipinski definition) is 1. The number of halogens is 1. The highest BCUT2D eigenvalue weighted by Gasteiger charge is 2.14. The number of rotatable bonds is 7. The lowest BCUT2D eigenvalue weighted by Gasteiger charge is -2.07. The number of hydrogen-bond acceptors (Lipinski definition) is 8. The van der Waals surface area contributed by atoms with Crippen LogP contribution in [0.5, 0.6) is 0 Å². The normalized spacial score (nSPS) is 10.7. The van der Waals surface area contributed by atoms with Crippen molar-refractivity contribution in [3.05, 3.63) is 55.7 Å². The molecule has 9 nitrogen and oxygen atoms in total. The molecule has 134 valence electrons. The molecule has 0 fully saturated rings. The first-order chi connectivity index (χ1) is 12.5. The minimum Gasteiger partial charge on any atom is -0.324 e. The van der Waals surface area contributed by atoms with Crippen LogP contribution in [0.2, 0.25) is 5.02 Å². The zero-order valence-electron chi connectivity index (χ0n) is 13.0. The van der Waals surface area contributed by atoms with Gasteiger partial charge in [-0.1, -0.05) is 29.4 Å². The lowest BCUT2D eigenvalue weighted by atomic mass is 10.3. The third-order valence-corrected chi connectivity index (χ3v) is 5.29. The number of nitrogens with one attached hydrogen (secondary N) is 1. The van der Waals surface area contributed by atoms with E-state index < -0.39 is 4.92 Å². The highest BCUT2D eigenvalue weighted by atomic mass is 35.5. The predicted octanol–water partition coefficient (Wildman–Crippen LogP) is 3.08. The largest absolute Gasteiger partial charge is 0.324 e. The first kappa shape index (κ1) is 18.3. The molecule has 0 radical (unpaired) electrons. The van der Waals surface area contributed by atoms with Gasteiger partial charge in [-0.05, 0) is 27.9 Å². The summed E-state index contributed by atoms with van der Waals surface area (Å²) in [5.41, 5.74) is 0.163. The fourth-order valence-electron chi connectivity index (χ4n) is 1.98. The molecule has 0 aliphatic heterocycles. The SMILES string of the molecule is O=C(CSc1nnnn1Cc1cccs1)Nc1ccc([N+](=O)[O-])cc1Cl. The Kier molecular flexibility index (Phi) is 5.81. The number of thiophene rings is 1. The van der Waals surface area contributed by atoms with Gasteiger partial charge in [0.25, 0.3) is 5.69 Å². The average molecular weight is 411 g/mol. The van der Waals surface area contributed by atoms with E-state index in [0.29, 0.717) is 17.4 Å². The maximum atomic E-state index is 12.1. The maximum Gasteiger partial charge on any atom is 0.271 e. The number of carbonyl (C=O) groups is 1. The van der Waals surface area contributed by atoms with Crippen LogP contribution in [0.3, 0.4) is 0 Å².